The van der Waals surface area contributed by atoms with Crippen molar-refractivity contribution in [2.45, 2.75) is 38.3 Å². The molecule has 0 aliphatic heterocycles. The van der Waals surface area contributed by atoms with Crippen molar-refractivity contribution in [1.29, 1.82) is 0 Å². The smallest absolute Gasteiger partial charge is 0.408 e. The van der Waals surface area contributed by atoms with E-state index in [2.05, 4.69) is 10.6 Å². The summed E-state index contributed by atoms with van der Waals surface area (Å²) in [4.78, 5) is 35.5. The molecule has 8 heteroatoms. The monoisotopic (exact) mass is 337 g/mol. The molecule has 1 aliphatic rings. The van der Waals surface area contributed by atoms with Gasteiger partial charge in [-0.1, -0.05) is 24.4 Å². The molecule has 0 radical (unpaired) electrons. The lowest BCUT2D eigenvalue weighted by atomic mass is 10.2. The largest absolute Gasteiger partial charge is 0.420 e. The highest BCUT2D eigenvalue weighted by atomic mass is 35.5. The van der Waals surface area contributed by atoms with Gasteiger partial charge in [-0.2, -0.15) is 0 Å². The zero-order valence-corrected chi connectivity index (χ0v) is 13.1. The van der Waals surface area contributed by atoms with Gasteiger partial charge in [-0.15, -0.1) is 0 Å². The summed E-state index contributed by atoms with van der Waals surface area (Å²) in [5.74, 6) is -1.26. The third kappa shape index (κ3) is 3.56. The maximum Gasteiger partial charge on any atom is 0.420 e. The van der Waals surface area contributed by atoms with Crippen LogP contribution in [0, 0.1) is 0 Å². The first-order chi connectivity index (χ1) is 11.0. The Hall–Kier alpha value is -2.28. The summed E-state index contributed by atoms with van der Waals surface area (Å²) in [5, 5.41) is 5.41. The number of amides is 3. The van der Waals surface area contributed by atoms with E-state index in [1.807, 2.05) is 0 Å². The molecule has 23 heavy (non-hydrogen) atoms. The molecule has 1 saturated carbocycles. The number of aromatic nitrogens is 1. The van der Waals surface area contributed by atoms with Gasteiger partial charge in [0.05, 0.1) is 5.52 Å². The lowest BCUT2D eigenvalue weighted by Crippen LogP contribution is -2.45. The first-order valence-electron chi connectivity index (χ1n) is 7.42. The summed E-state index contributed by atoms with van der Waals surface area (Å²) in [5.41, 5.74) is 0.747. The Labute approximate surface area is 136 Å². The zero-order chi connectivity index (χ0) is 16.4. The van der Waals surface area contributed by atoms with Gasteiger partial charge in [0, 0.05) is 17.1 Å². The second kappa shape index (κ2) is 6.45. The highest BCUT2D eigenvalue weighted by molar-refractivity contribution is 6.31. The number of nitrogens with zero attached hydrogens (tertiary/aromatic N) is 1. The number of hydrogen-bond donors (Lipinski definition) is 2. The average molecular weight is 338 g/mol. The van der Waals surface area contributed by atoms with Gasteiger partial charge in [-0.25, -0.2) is 9.59 Å². The van der Waals surface area contributed by atoms with E-state index in [0.29, 0.717) is 16.1 Å². The van der Waals surface area contributed by atoms with E-state index < -0.39 is 17.7 Å². The van der Waals surface area contributed by atoms with Gasteiger partial charge in [-0.3, -0.25) is 14.7 Å². The molecule has 1 aliphatic carbocycles. The van der Waals surface area contributed by atoms with Crippen LogP contribution in [0.15, 0.2) is 27.4 Å². The third-order valence-electron chi connectivity index (χ3n) is 3.88. The Morgan fingerprint density at radius 2 is 2.04 bits per heavy atom. The molecule has 2 N–H and O–H groups in total. The number of benzene rings is 1. The number of rotatable bonds is 3. The first-order valence-corrected chi connectivity index (χ1v) is 7.80. The van der Waals surface area contributed by atoms with Gasteiger partial charge < -0.3 is 9.73 Å². The van der Waals surface area contributed by atoms with E-state index in [1.165, 1.54) is 6.07 Å². The van der Waals surface area contributed by atoms with E-state index in [4.69, 9.17) is 16.0 Å². The molecule has 0 unspecified atom stereocenters. The Morgan fingerprint density at radius 3 is 2.78 bits per heavy atom. The number of hydrogen-bond acceptors (Lipinski definition) is 4. The van der Waals surface area contributed by atoms with Crippen LogP contribution in [-0.2, 0) is 11.3 Å². The van der Waals surface area contributed by atoms with Gasteiger partial charge in [0.2, 0.25) is 5.91 Å². The van der Waals surface area contributed by atoms with Crippen LogP contribution in [0.4, 0.5) is 4.79 Å². The fraction of sp³-hybridized carbons (Fsp3) is 0.400. The third-order valence-corrected chi connectivity index (χ3v) is 4.11. The minimum Gasteiger partial charge on any atom is -0.408 e. The second-order valence-corrected chi connectivity index (χ2v) is 6.01. The van der Waals surface area contributed by atoms with Gasteiger partial charge in [0.25, 0.3) is 0 Å². The van der Waals surface area contributed by atoms with Crippen LogP contribution in [-0.4, -0.2) is 22.5 Å². The predicted octanol–water partition coefficient (Wildman–Crippen LogP) is 2.02. The Morgan fingerprint density at radius 1 is 1.30 bits per heavy atom. The summed E-state index contributed by atoms with van der Waals surface area (Å²) in [6.45, 7) is -0.300. The molecule has 3 rings (SSSR count). The fourth-order valence-corrected chi connectivity index (χ4v) is 2.95. The molecular formula is C15H16ClN3O4. The lowest BCUT2D eigenvalue weighted by Gasteiger charge is -2.12. The van der Waals surface area contributed by atoms with Crippen LogP contribution >= 0.6 is 11.6 Å². The summed E-state index contributed by atoms with van der Waals surface area (Å²) < 4.78 is 6.19. The number of carbonyl (C=O) groups is 2. The van der Waals surface area contributed by atoms with Crippen LogP contribution < -0.4 is 16.4 Å². The molecule has 0 atom stereocenters. The number of urea groups is 1. The van der Waals surface area contributed by atoms with Crippen LogP contribution in [0.25, 0.3) is 11.1 Å². The topological polar surface area (TPSA) is 93.3 Å². The van der Waals surface area contributed by atoms with Crippen LogP contribution in [0.5, 0.6) is 0 Å². The number of imide groups is 1. The molecule has 0 spiro atoms. The molecule has 122 valence electrons. The average Bonchev–Trinajstić information content (AvgIpc) is 3.07. The fourth-order valence-electron chi connectivity index (χ4n) is 2.79. The van der Waals surface area contributed by atoms with E-state index in [1.54, 1.807) is 12.1 Å². The summed E-state index contributed by atoms with van der Waals surface area (Å²) in [7, 11) is 0. The zero-order valence-electron chi connectivity index (χ0n) is 12.3. The summed E-state index contributed by atoms with van der Waals surface area (Å²) in [6.07, 6.45) is 4.01. The van der Waals surface area contributed by atoms with Crippen molar-refractivity contribution in [2.75, 3.05) is 0 Å². The summed E-state index contributed by atoms with van der Waals surface area (Å²) >= 11 is 5.83. The molecule has 1 aromatic heterocycles. The number of carbonyl (C=O) groups excluding carboxylic acids is 2. The van der Waals surface area contributed by atoms with Crippen molar-refractivity contribution in [2.24, 2.45) is 0 Å². The molecule has 3 amide bonds. The van der Waals surface area contributed by atoms with Gasteiger partial charge in [0.15, 0.2) is 5.58 Å². The number of fused-ring (bicyclic) bond motifs is 1. The van der Waals surface area contributed by atoms with Gasteiger partial charge in [0.1, 0.15) is 6.54 Å². The second-order valence-electron chi connectivity index (χ2n) is 5.57. The van der Waals surface area contributed by atoms with Crippen molar-refractivity contribution in [3.8, 4) is 0 Å². The van der Waals surface area contributed by atoms with Crippen LogP contribution in [0.3, 0.4) is 0 Å². The standard InChI is InChI=1S/C15H16ClN3O4/c16-9-5-6-11-12(7-9)23-15(22)19(11)8-13(20)18-14(21)17-10-3-1-2-4-10/h5-7,10H,1-4,8H2,(H2,17,18,20,21). The molecule has 1 heterocycles. The van der Waals surface area contributed by atoms with Crippen molar-refractivity contribution in [1.82, 2.24) is 15.2 Å². The highest BCUT2D eigenvalue weighted by Crippen LogP contribution is 2.18. The van der Waals surface area contributed by atoms with E-state index in [-0.39, 0.29) is 12.6 Å². The molecular weight excluding hydrogens is 322 g/mol. The van der Waals surface area contributed by atoms with Crippen molar-refractivity contribution in [3.05, 3.63) is 33.8 Å². The van der Waals surface area contributed by atoms with Crippen molar-refractivity contribution < 1.29 is 14.0 Å². The van der Waals surface area contributed by atoms with Gasteiger partial charge >= 0.3 is 11.8 Å². The Bertz CT molecular complexity index is 805. The Kier molecular flexibility index (Phi) is 4.38. The van der Waals surface area contributed by atoms with Crippen LogP contribution in [0.1, 0.15) is 25.7 Å². The summed E-state index contributed by atoms with van der Waals surface area (Å²) in [6, 6.07) is 4.27. The maximum atomic E-state index is 12.0. The highest BCUT2D eigenvalue weighted by Gasteiger charge is 2.19. The lowest BCUT2D eigenvalue weighted by molar-refractivity contribution is -0.120. The molecule has 2 aromatic rings. The number of halogens is 1. The minimum atomic E-state index is -0.673. The van der Waals surface area contributed by atoms with Crippen molar-refractivity contribution >= 4 is 34.6 Å². The quantitative estimate of drug-likeness (QED) is 0.896. The molecule has 1 aromatic carbocycles. The normalized spacial score (nSPS) is 15.0. The first kappa shape index (κ1) is 15.6. The van der Waals surface area contributed by atoms with E-state index in [0.717, 1.165) is 30.3 Å². The van der Waals surface area contributed by atoms with E-state index >= 15 is 0 Å². The van der Waals surface area contributed by atoms with Crippen molar-refractivity contribution in [3.63, 3.8) is 0 Å². The van der Waals surface area contributed by atoms with E-state index in [9.17, 15) is 14.4 Å². The minimum absolute atomic E-state index is 0.113. The molecule has 1 fully saturated rings. The molecule has 0 bridgehead atoms. The maximum absolute atomic E-state index is 12.0. The van der Waals surface area contributed by atoms with Gasteiger partial charge in [-0.05, 0) is 25.0 Å². The molecule has 7 nitrogen and oxygen atoms in total. The Balaban J connectivity index is 1.66. The number of nitrogens with one attached hydrogen (secondary N) is 2. The van der Waals surface area contributed by atoms with Crippen LogP contribution in [0.2, 0.25) is 5.02 Å². The molecule has 0 saturated heterocycles. The SMILES string of the molecule is O=C(Cn1c(=O)oc2cc(Cl)ccc21)NC(=O)NC1CCCC1. The number of oxazole rings is 1. The predicted molar refractivity (Wildman–Crippen MR) is 84.4 cm³/mol.